The SMILES string of the molecule is Cc1oncc1C(=O)NN1CC1. The van der Waals surface area contributed by atoms with E-state index in [1.807, 2.05) is 5.01 Å². The van der Waals surface area contributed by atoms with Gasteiger partial charge in [0.15, 0.2) is 0 Å². The Hall–Kier alpha value is -1.36. The third-order valence-corrected chi connectivity index (χ3v) is 1.70. The lowest BCUT2D eigenvalue weighted by molar-refractivity contribution is 0.0895. The molecular weight excluding hydrogens is 158 g/mol. The van der Waals surface area contributed by atoms with Gasteiger partial charge < -0.3 is 4.52 Å². The van der Waals surface area contributed by atoms with Crippen LogP contribution >= 0.6 is 0 Å². The monoisotopic (exact) mass is 167 g/mol. The minimum Gasteiger partial charge on any atom is -0.361 e. The average molecular weight is 167 g/mol. The topological polar surface area (TPSA) is 58.1 Å². The maximum atomic E-state index is 11.3. The van der Waals surface area contributed by atoms with Gasteiger partial charge in [0.25, 0.3) is 5.91 Å². The molecule has 0 bridgehead atoms. The summed E-state index contributed by atoms with van der Waals surface area (Å²) in [6, 6.07) is 0. The van der Waals surface area contributed by atoms with E-state index in [-0.39, 0.29) is 5.91 Å². The van der Waals surface area contributed by atoms with Gasteiger partial charge in [0.05, 0.1) is 6.20 Å². The molecule has 1 aliphatic heterocycles. The second kappa shape index (κ2) is 2.60. The maximum Gasteiger partial charge on any atom is 0.270 e. The van der Waals surface area contributed by atoms with Crippen LogP contribution in [0.25, 0.3) is 0 Å². The molecule has 0 radical (unpaired) electrons. The summed E-state index contributed by atoms with van der Waals surface area (Å²) < 4.78 is 4.76. The van der Waals surface area contributed by atoms with Crippen molar-refractivity contribution in [2.24, 2.45) is 0 Å². The van der Waals surface area contributed by atoms with Crippen LogP contribution in [0.5, 0.6) is 0 Å². The van der Waals surface area contributed by atoms with Gasteiger partial charge in [0.1, 0.15) is 11.3 Å². The summed E-state index contributed by atoms with van der Waals surface area (Å²) in [7, 11) is 0. The van der Waals surface area contributed by atoms with Crippen molar-refractivity contribution in [1.82, 2.24) is 15.6 Å². The number of hydrazine groups is 1. The lowest BCUT2D eigenvalue weighted by Crippen LogP contribution is -2.28. The molecule has 0 saturated carbocycles. The molecule has 1 saturated heterocycles. The fraction of sp³-hybridized carbons (Fsp3) is 0.429. The molecule has 1 aromatic rings. The van der Waals surface area contributed by atoms with Gasteiger partial charge in [-0.3, -0.25) is 10.2 Å². The fourth-order valence-electron chi connectivity index (χ4n) is 0.882. The van der Waals surface area contributed by atoms with Crippen LogP contribution in [0.4, 0.5) is 0 Å². The Kier molecular flexibility index (Phi) is 1.58. The number of carbonyl (C=O) groups is 1. The first-order valence-electron chi connectivity index (χ1n) is 3.74. The van der Waals surface area contributed by atoms with Crippen LogP contribution in [0.2, 0.25) is 0 Å². The number of aromatic nitrogens is 1. The third-order valence-electron chi connectivity index (χ3n) is 1.70. The van der Waals surface area contributed by atoms with Crippen LogP contribution in [0.1, 0.15) is 16.1 Å². The number of nitrogens with zero attached hydrogens (tertiary/aromatic N) is 2. The number of rotatable bonds is 2. The Morgan fingerprint density at radius 2 is 2.50 bits per heavy atom. The first-order valence-corrected chi connectivity index (χ1v) is 3.74. The normalized spacial score (nSPS) is 16.1. The van der Waals surface area contributed by atoms with Gasteiger partial charge in [-0.05, 0) is 6.92 Å². The van der Waals surface area contributed by atoms with Crippen molar-refractivity contribution in [1.29, 1.82) is 0 Å². The van der Waals surface area contributed by atoms with Crippen molar-refractivity contribution in [2.45, 2.75) is 6.92 Å². The highest BCUT2D eigenvalue weighted by Crippen LogP contribution is 2.07. The minimum absolute atomic E-state index is 0.147. The number of carbonyl (C=O) groups excluding carboxylic acids is 1. The number of hydrogen-bond donors (Lipinski definition) is 1. The van der Waals surface area contributed by atoms with Gasteiger partial charge in [-0.25, -0.2) is 5.01 Å². The standard InChI is InChI=1S/C7H9N3O2/c1-5-6(4-8-12-5)7(11)9-10-2-3-10/h4H,2-3H2,1H3,(H,9,11). The van der Waals surface area contributed by atoms with E-state index in [1.54, 1.807) is 6.92 Å². The Bertz CT molecular complexity index is 303. The number of aryl methyl sites for hydroxylation is 1. The van der Waals surface area contributed by atoms with E-state index in [2.05, 4.69) is 10.6 Å². The van der Waals surface area contributed by atoms with Gasteiger partial charge in [-0.1, -0.05) is 5.16 Å². The number of nitrogens with one attached hydrogen (secondary N) is 1. The van der Waals surface area contributed by atoms with Gasteiger partial charge in [-0.2, -0.15) is 0 Å². The Balaban J connectivity index is 2.07. The molecule has 1 aliphatic rings. The average Bonchev–Trinajstić information content (AvgIpc) is 2.72. The zero-order chi connectivity index (χ0) is 8.55. The second-order valence-electron chi connectivity index (χ2n) is 2.72. The molecule has 0 aliphatic carbocycles. The predicted octanol–water partition coefficient (Wildman–Crippen LogP) is -0.0566. The largest absolute Gasteiger partial charge is 0.361 e. The molecule has 1 fully saturated rings. The first-order chi connectivity index (χ1) is 5.77. The Morgan fingerprint density at radius 3 is 3.00 bits per heavy atom. The summed E-state index contributed by atoms with van der Waals surface area (Å²) in [6.45, 7) is 3.57. The highest BCUT2D eigenvalue weighted by Gasteiger charge is 2.22. The summed E-state index contributed by atoms with van der Waals surface area (Å²) in [5.41, 5.74) is 3.19. The van der Waals surface area contributed by atoms with Crippen LogP contribution in [-0.2, 0) is 0 Å². The molecule has 0 atom stereocenters. The van der Waals surface area contributed by atoms with Gasteiger partial charge in [-0.15, -0.1) is 0 Å². The highest BCUT2D eigenvalue weighted by molar-refractivity contribution is 5.94. The molecule has 2 rings (SSSR count). The summed E-state index contributed by atoms with van der Waals surface area (Å²) in [5, 5.41) is 5.33. The summed E-state index contributed by atoms with van der Waals surface area (Å²) >= 11 is 0. The second-order valence-corrected chi connectivity index (χ2v) is 2.72. The first kappa shape index (κ1) is 7.30. The van der Waals surface area contributed by atoms with E-state index in [0.717, 1.165) is 13.1 Å². The molecule has 0 unspecified atom stereocenters. The molecule has 5 nitrogen and oxygen atoms in total. The quantitative estimate of drug-likeness (QED) is 0.627. The summed E-state index contributed by atoms with van der Waals surface area (Å²) in [5.74, 6) is 0.403. The zero-order valence-corrected chi connectivity index (χ0v) is 6.70. The van der Waals surface area contributed by atoms with Gasteiger partial charge in [0, 0.05) is 13.1 Å². The van der Waals surface area contributed by atoms with Crippen molar-refractivity contribution in [3.05, 3.63) is 17.5 Å². The van der Waals surface area contributed by atoms with Crippen molar-refractivity contribution >= 4 is 5.91 Å². The molecule has 0 aromatic carbocycles. The molecule has 64 valence electrons. The van der Waals surface area contributed by atoms with E-state index in [1.165, 1.54) is 6.20 Å². The van der Waals surface area contributed by atoms with E-state index in [9.17, 15) is 4.79 Å². The van der Waals surface area contributed by atoms with E-state index in [0.29, 0.717) is 11.3 Å². The predicted molar refractivity (Wildman–Crippen MR) is 40.3 cm³/mol. The maximum absolute atomic E-state index is 11.3. The Morgan fingerprint density at radius 1 is 1.75 bits per heavy atom. The number of amides is 1. The molecule has 1 aromatic heterocycles. The van der Waals surface area contributed by atoms with Crippen LogP contribution in [0.15, 0.2) is 10.7 Å². The van der Waals surface area contributed by atoms with E-state index in [4.69, 9.17) is 4.52 Å². The van der Waals surface area contributed by atoms with Crippen molar-refractivity contribution < 1.29 is 9.32 Å². The molecule has 2 heterocycles. The van der Waals surface area contributed by atoms with E-state index >= 15 is 0 Å². The smallest absolute Gasteiger partial charge is 0.270 e. The minimum atomic E-state index is -0.147. The van der Waals surface area contributed by atoms with E-state index < -0.39 is 0 Å². The zero-order valence-electron chi connectivity index (χ0n) is 6.70. The van der Waals surface area contributed by atoms with Gasteiger partial charge >= 0.3 is 0 Å². The lowest BCUT2D eigenvalue weighted by Gasteiger charge is -2.01. The molecule has 5 heteroatoms. The highest BCUT2D eigenvalue weighted by atomic mass is 16.5. The van der Waals surface area contributed by atoms with Crippen molar-refractivity contribution in [3.8, 4) is 0 Å². The van der Waals surface area contributed by atoms with Crippen molar-refractivity contribution in [3.63, 3.8) is 0 Å². The van der Waals surface area contributed by atoms with Crippen LogP contribution in [0.3, 0.4) is 0 Å². The summed E-state index contributed by atoms with van der Waals surface area (Å²) in [6.07, 6.45) is 1.42. The third kappa shape index (κ3) is 1.31. The fourth-order valence-corrected chi connectivity index (χ4v) is 0.882. The molecular formula is C7H9N3O2. The molecule has 12 heavy (non-hydrogen) atoms. The molecule has 1 N–H and O–H groups in total. The van der Waals surface area contributed by atoms with Crippen LogP contribution in [0, 0.1) is 6.92 Å². The van der Waals surface area contributed by atoms with Crippen LogP contribution < -0.4 is 5.43 Å². The lowest BCUT2D eigenvalue weighted by atomic mass is 10.3. The molecule has 1 amide bonds. The summed E-state index contributed by atoms with van der Waals surface area (Å²) in [4.78, 5) is 11.3. The Labute approximate surface area is 69.3 Å². The number of hydrogen-bond acceptors (Lipinski definition) is 4. The van der Waals surface area contributed by atoms with Gasteiger partial charge in [0.2, 0.25) is 0 Å². The van der Waals surface area contributed by atoms with Crippen LogP contribution in [-0.4, -0.2) is 29.2 Å². The van der Waals surface area contributed by atoms with Crippen molar-refractivity contribution in [2.75, 3.05) is 13.1 Å². The molecule has 0 spiro atoms.